The van der Waals surface area contributed by atoms with Crippen LogP contribution in [0, 0.1) is 0 Å². The number of halogens is 2. The molecule has 0 amide bonds. The summed E-state index contributed by atoms with van der Waals surface area (Å²) in [6, 6.07) is 7.11. The molecule has 2 rings (SSSR count). The van der Waals surface area contributed by atoms with Crippen LogP contribution in [0.5, 0.6) is 0 Å². The van der Waals surface area contributed by atoms with Crippen molar-refractivity contribution in [1.29, 1.82) is 0 Å². The van der Waals surface area contributed by atoms with Crippen molar-refractivity contribution in [2.75, 3.05) is 0 Å². The molecule has 0 saturated heterocycles. The Labute approximate surface area is 173 Å². The molecule has 0 aliphatic heterocycles. The van der Waals surface area contributed by atoms with Crippen molar-refractivity contribution in [3.63, 3.8) is 0 Å². The van der Waals surface area contributed by atoms with Crippen molar-refractivity contribution in [1.82, 2.24) is 0 Å². The molecule has 0 N–H and O–H groups in total. The third kappa shape index (κ3) is 5.52. The normalized spacial score (nSPS) is 11.3. The fourth-order valence-corrected chi connectivity index (χ4v) is 3.71. The number of rotatable bonds is 3. The first-order valence-corrected chi connectivity index (χ1v) is 9.08. The molecule has 2 aromatic carbocycles. The maximum Gasteiger partial charge on any atom is 1.00 e. The van der Waals surface area contributed by atoms with Gasteiger partial charge in [0.25, 0.3) is 0 Å². The molecule has 0 aliphatic carbocycles. The zero-order chi connectivity index (χ0) is 16.7. The molecule has 0 spiro atoms. The van der Waals surface area contributed by atoms with Crippen LogP contribution in [-0.4, -0.2) is 25.9 Å². The Kier molecular flexibility index (Phi) is 8.63. The second-order valence-corrected chi connectivity index (χ2v) is 7.71. The summed E-state index contributed by atoms with van der Waals surface area (Å²) >= 11 is 11.3. The van der Waals surface area contributed by atoms with Crippen molar-refractivity contribution >= 4 is 43.4 Å². The van der Waals surface area contributed by atoms with Crippen LogP contribution in [-0.2, 0) is 20.2 Å². The predicted octanol–water partition coefficient (Wildman–Crippen LogP) is -3.52. The first-order chi connectivity index (χ1) is 10.00. The average Bonchev–Trinajstić information content (AvgIpc) is 2.37. The van der Waals surface area contributed by atoms with Gasteiger partial charge in [-0.25, -0.2) is 16.8 Å². The van der Waals surface area contributed by atoms with Crippen molar-refractivity contribution in [3.8, 4) is 11.1 Å². The van der Waals surface area contributed by atoms with Crippen LogP contribution in [0.1, 0.15) is 0 Å². The summed E-state index contributed by atoms with van der Waals surface area (Å²) in [6.45, 7) is 0. The minimum atomic E-state index is -4.80. The van der Waals surface area contributed by atoms with Gasteiger partial charge in [-0.3, -0.25) is 0 Å². The quantitative estimate of drug-likeness (QED) is 0.393. The Morgan fingerprint density at radius 3 is 1.21 bits per heavy atom. The summed E-state index contributed by atoms with van der Waals surface area (Å²) in [6.07, 6.45) is 0. The summed E-state index contributed by atoms with van der Waals surface area (Å²) in [4.78, 5) is -1.29. The number of benzene rings is 2. The molecule has 0 saturated carbocycles. The van der Waals surface area contributed by atoms with Crippen molar-refractivity contribution in [2.45, 2.75) is 9.79 Å². The van der Waals surface area contributed by atoms with Gasteiger partial charge >= 0.3 is 37.7 Å². The van der Waals surface area contributed by atoms with Crippen LogP contribution >= 0.6 is 23.2 Å². The summed E-state index contributed by atoms with van der Waals surface area (Å²) in [5.74, 6) is 0. The fourth-order valence-electron chi connectivity index (χ4n) is 1.75. The van der Waals surface area contributed by atoms with Crippen molar-refractivity contribution in [2.24, 2.45) is 0 Å². The zero-order valence-electron chi connectivity index (χ0n) is 12.5. The van der Waals surface area contributed by atoms with Gasteiger partial charge in [-0.05, 0) is 35.4 Å². The molecule has 0 heterocycles. The molecule has 0 atom stereocenters. The van der Waals surface area contributed by atoms with Crippen molar-refractivity contribution < 1.29 is 63.7 Å². The maximum atomic E-state index is 11.1. The Hall–Kier alpha value is 0.0348. The van der Waals surface area contributed by atoms with E-state index in [2.05, 4.69) is 0 Å². The van der Waals surface area contributed by atoms with Crippen LogP contribution in [0.3, 0.4) is 0 Å². The van der Waals surface area contributed by atoms with Gasteiger partial charge in [0.05, 0.1) is 19.8 Å². The monoisotopic (exact) mass is 394 g/mol. The fraction of sp³-hybridized carbons (Fsp3) is 0. The van der Waals surface area contributed by atoms with Crippen LogP contribution in [0.2, 0.25) is 10.0 Å². The largest absolute Gasteiger partial charge is 1.00 e. The maximum absolute atomic E-state index is 11.1. The Morgan fingerprint density at radius 1 is 0.667 bits per heavy atom. The third-order valence-electron chi connectivity index (χ3n) is 2.73. The standard InChI is InChI=1S/C12H8Cl2O6S2.2Li/c13-9-3-1-7(5-11(9)21(15,16)17)8-2-4-10(14)12(6-8)22(18,19)20;;/h1-6H,(H,15,16,17)(H,18,19,20);;/q;2*+1/p-2. The van der Waals surface area contributed by atoms with E-state index in [4.69, 9.17) is 23.2 Å². The summed E-state index contributed by atoms with van der Waals surface area (Å²) in [7, 11) is -9.60. The summed E-state index contributed by atoms with van der Waals surface area (Å²) in [5, 5.41) is -0.520. The Balaban J connectivity index is 0.00000264. The zero-order valence-corrected chi connectivity index (χ0v) is 15.6. The molecule has 0 bridgehead atoms. The minimum Gasteiger partial charge on any atom is -0.744 e. The first kappa shape index (κ1) is 24.0. The van der Waals surface area contributed by atoms with Crippen molar-refractivity contribution in [3.05, 3.63) is 46.4 Å². The van der Waals surface area contributed by atoms with Gasteiger partial charge in [0.2, 0.25) is 0 Å². The molecule has 0 fully saturated rings. The van der Waals surface area contributed by atoms with E-state index in [1.54, 1.807) is 0 Å². The van der Waals surface area contributed by atoms with Gasteiger partial charge in [-0.1, -0.05) is 35.3 Å². The molecular formula is C12H6Cl2Li2O6S2. The first-order valence-electron chi connectivity index (χ1n) is 5.51. The number of hydrogen-bond donors (Lipinski definition) is 0. The molecule has 12 heteroatoms. The molecule has 0 aliphatic rings. The van der Waals surface area contributed by atoms with Crippen LogP contribution in [0.25, 0.3) is 11.1 Å². The third-order valence-corrected chi connectivity index (χ3v) is 5.37. The van der Waals surface area contributed by atoms with Gasteiger partial charge in [0.15, 0.2) is 0 Å². The molecule has 118 valence electrons. The minimum absolute atomic E-state index is 0. The van der Waals surface area contributed by atoms with Gasteiger partial charge in [0.1, 0.15) is 20.2 Å². The van der Waals surface area contributed by atoms with E-state index in [1.807, 2.05) is 0 Å². The van der Waals surface area contributed by atoms with Gasteiger partial charge in [0, 0.05) is 0 Å². The second kappa shape index (κ2) is 8.61. The van der Waals surface area contributed by atoms with Gasteiger partial charge in [-0.2, -0.15) is 0 Å². The van der Waals surface area contributed by atoms with E-state index in [0.717, 1.165) is 12.1 Å². The molecule has 0 aromatic heterocycles. The van der Waals surface area contributed by atoms with E-state index in [-0.39, 0.29) is 58.9 Å². The van der Waals surface area contributed by atoms with E-state index >= 15 is 0 Å². The second-order valence-electron chi connectivity index (χ2n) is 4.20. The van der Waals surface area contributed by atoms with E-state index in [9.17, 15) is 25.9 Å². The van der Waals surface area contributed by atoms with E-state index < -0.39 is 30.0 Å². The number of hydrogen-bond acceptors (Lipinski definition) is 6. The average molecular weight is 395 g/mol. The summed E-state index contributed by atoms with van der Waals surface area (Å²) < 4.78 is 66.7. The van der Waals surface area contributed by atoms with Crippen LogP contribution < -0.4 is 37.7 Å². The van der Waals surface area contributed by atoms with E-state index in [0.29, 0.717) is 0 Å². The summed E-state index contributed by atoms with van der Waals surface area (Å²) in [5.41, 5.74) is 0.390. The molecule has 24 heavy (non-hydrogen) atoms. The van der Waals surface area contributed by atoms with E-state index in [1.165, 1.54) is 24.3 Å². The molecule has 6 nitrogen and oxygen atoms in total. The van der Waals surface area contributed by atoms with Crippen LogP contribution in [0.15, 0.2) is 46.2 Å². The smallest absolute Gasteiger partial charge is 0.744 e. The molecule has 0 radical (unpaired) electrons. The predicted molar refractivity (Wildman–Crippen MR) is 77.8 cm³/mol. The molecule has 2 aromatic rings. The Bertz CT molecular complexity index is 882. The van der Waals surface area contributed by atoms with Gasteiger partial charge < -0.3 is 9.11 Å². The topological polar surface area (TPSA) is 114 Å². The van der Waals surface area contributed by atoms with Gasteiger partial charge in [-0.15, -0.1) is 0 Å². The van der Waals surface area contributed by atoms with Crippen LogP contribution in [0.4, 0.5) is 0 Å². The molecule has 0 unspecified atom stereocenters. The Morgan fingerprint density at radius 2 is 0.958 bits per heavy atom. The SMILES string of the molecule is O=S(=O)([O-])c1cc(-c2ccc(Cl)c(S(=O)(=O)[O-])c2)ccc1Cl.[Li+].[Li+]. The molecular weight excluding hydrogens is 389 g/mol.